The zero-order chi connectivity index (χ0) is 17.8. The van der Waals surface area contributed by atoms with Gasteiger partial charge in [-0.3, -0.25) is 9.59 Å². The van der Waals surface area contributed by atoms with Gasteiger partial charge in [-0.25, -0.2) is 4.90 Å². The van der Waals surface area contributed by atoms with Crippen molar-refractivity contribution >= 4 is 17.5 Å². The van der Waals surface area contributed by atoms with Crippen molar-refractivity contribution in [3.63, 3.8) is 0 Å². The number of nitrogens with zero attached hydrogens (tertiary/aromatic N) is 1. The maximum absolute atomic E-state index is 13.2. The van der Waals surface area contributed by atoms with Crippen LogP contribution in [0.4, 0.5) is 5.69 Å². The van der Waals surface area contributed by atoms with E-state index in [2.05, 4.69) is 12.2 Å². The van der Waals surface area contributed by atoms with Crippen LogP contribution in [0, 0.1) is 23.7 Å². The van der Waals surface area contributed by atoms with Crippen LogP contribution in [0.15, 0.2) is 47.6 Å². The van der Waals surface area contributed by atoms with Crippen LogP contribution in [-0.4, -0.2) is 18.9 Å². The summed E-state index contributed by atoms with van der Waals surface area (Å²) in [5.74, 6) is 0.523. The summed E-state index contributed by atoms with van der Waals surface area (Å²) in [6, 6.07) is 7.19. The van der Waals surface area contributed by atoms with Crippen LogP contribution in [0.5, 0.6) is 5.75 Å². The highest BCUT2D eigenvalue weighted by molar-refractivity contribution is 6.23. The predicted molar refractivity (Wildman–Crippen MR) is 98.7 cm³/mol. The van der Waals surface area contributed by atoms with Crippen molar-refractivity contribution in [2.75, 3.05) is 12.0 Å². The van der Waals surface area contributed by atoms with Gasteiger partial charge < -0.3 is 4.74 Å². The summed E-state index contributed by atoms with van der Waals surface area (Å²) in [6.07, 6.45) is 10.5. The molecule has 0 radical (unpaired) electrons. The van der Waals surface area contributed by atoms with Crippen molar-refractivity contribution in [3.05, 3.63) is 47.6 Å². The average molecular weight is 349 g/mol. The van der Waals surface area contributed by atoms with Gasteiger partial charge in [0.2, 0.25) is 11.8 Å². The number of carbonyl (C=O) groups excluding carboxylic acids is 2. The van der Waals surface area contributed by atoms with Gasteiger partial charge in [0.15, 0.2) is 0 Å². The van der Waals surface area contributed by atoms with Crippen LogP contribution in [0.25, 0.3) is 0 Å². The highest BCUT2D eigenvalue weighted by Crippen LogP contribution is 2.58. The third kappa shape index (κ3) is 2.08. The lowest BCUT2D eigenvalue weighted by Crippen LogP contribution is -2.33. The molecule has 0 N–H and O–H groups in total. The minimum Gasteiger partial charge on any atom is -0.497 e. The highest BCUT2D eigenvalue weighted by Gasteiger charge is 2.62. The molecule has 1 aromatic carbocycles. The lowest BCUT2D eigenvalue weighted by Gasteiger charge is -2.23. The maximum Gasteiger partial charge on any atom is 0.238 e. The van der Waals surface area contributed by atoms with Gasteiger partial charge in [0.1, 0.15) is 5.75 Å². The van der Waals surface area contributed by atoms with Crippen LogP contribution in [0.1, 0.15) is 32.1 Å². The Hall–Kier alpha value is -2.36. The Morgan fingerprint density at radius 1 is 0.885 bits per heavy atom. The molecule has 1 aliphatic heterocycles. The van der Waals surface area contributed by atoms with Crippen molar-refractivity contribution in [2.24, 2.45) is 23.7 Å². The van der Waals surface area contributed by atoms with Gasteiger partial charge in [-0.15, -0.1) is 0 Å². The summed E-state index contributed by atoms with van der Waals surface area (Å²) < 4.78 is 5.18. The number of hydrogen-bond donors (Lipinski definition) is 0. The van der Waals surface area contributed by atoms with E-state index in [1.165, 1.54) is 35.3 Å². The Bertz CT molecular complexity index is 793. The zero-order valence-electron chi connectivity index (χ0n) is 15.0. The lowest BCUT2D eigenvalue weighted by atomic mass is 9.85. The van der Waals surface area contributed by atoms with E-state index in [1.807, 2.05) is 0 Å². The number of rotatable bonds is 2. The molecule has 5 rings (SSSR count). The summed E-state index contributed by atoms with van der Waals surface area (Å²) in [7, 11) is 1.61. The van der Waals surface area contributed by atoms with E-state index in [1.54, 1.807) is 31.4 Å². The molecule has 1 saturated heterocycles. The Balaban J connectivity index is 1.49. The topological polar surface area (TPSA) is 46.6 Å². The minimum atomic E-state index is -0.205. The van der Waals surface area contributed by atoms with Gasteiger partial charge >= 0.3 is 0 Å². The smallest absolute Gasteiger partial charge is 0.238 e. The van der Waals surface area contributed by atoms with Crippen LogP contribution in [0.3, 0.4) is 0 Å². The summed E-state index contributed by atoms with van der Waals surface area (Å²) in [5.41, 5.74) is 3.60. The molecule has 2 saturated carbocycles. The van der Waals surface area contributed by atoms with E-state index in [-0.39, 0.29) is 35.5 Å². The molecule has 2 bridgehead atoms. The molecular formula is C22H23NO3. The molecule has 2 amide bonds. The average Bonchev–Trinajstić information content (AvgIpc) is 3.32. The molecule has 26 heavy (non-hydrogen) atoms. The van der Waals surface area contributed by atoms with Crippen LogP contribution < -0.4 is 9.64 Å². The number of imide groups is 1. The number of fused-ring (bicyclic) bond motifs is 5. The predicted octanol–water partition coefficient (Wildman–Crippen LogP) is 3.88. The molecule has 0 aromatic heterocycles. The second-order valence-electron chi connectivity index (χ2n) is 7.82. The van der Waals surface area contributed by atoms with E-state index in [9.17, 15) is 9.59 Å². The fourth-order valence-electron chi connectivity index (χ4n) is 5.49. The molecule has 0 spiro atoms. The summed E-state index contributed by atoms with van der Waals surface area (Å²) in [5, 5.41) is 0. The van der Waals surface area contributed by atoms with Crippen LogP contribution >= 0.6 is 0 Å². The molecule has 4 heteroatoms. The SMILES string of the molecule is COc1ccc(N2C(=O)[C@H]3[C@H](C2=O)[C@H]2C=C[C@@H]3C2=C2CCCCC2)cc1. The molecule has 134 valence electrons. The molecule has 3 fully saturated rings. The number of amides is 2. The summed E-state index contributed by atoms with van der Waals surface area (Å²) in [4.78, 5) is 27.8. The van der Waals surface area contributed by atoms with Gasteiger partial charge in [0.05, 0.1) is 24.6 Å². The molecule has 0 unspecified atom stereocenters. The Labute approximate surface area is 153 Å². The molecule has 1 aromatic rings. The molecular weight excluding hydrogens is 326 g/mol. The van der Waals surface area contributed by atoms with E-state index in [0.717, 1.165) is 18.6 Å². The maximum atomic E-state index is 13.2. The molecule has 3 aliphatic carbocycles. The normalized spacial score (nSPS) is 32.6. The zero-order valence-corrected chi connectivity index (χ0v) is 15.0. The Kier molecular flexibility index (Phi) is 3.56. The minimum absolute atomic E-state index is 0.0315. The number of anilines is 1. The van der Waals surface area contributed by atoms with Gasteiger partial charge in [-0.1, -0.05) is 29.7 Å². The number of benzene rings is 1. The number of hydrogen-bond acceptors (Lipinski definition) is 3. The monoisotopic (exact) mass is 349 g/mol. The van der Waals surface area contributed by atoms with Crippen molar-refractivity contribution in [1.29, 1.82) is 0 Å². The van der Waals surface area contributed by atoms with Crippen molar-refractivity contribution < 1.29 is 14.3 Å². The van der Waals surface area contributed by atoms with Crippen LogP contribution in [-0.2, 0) is 9.59 Å². The van der Waals surface area contributed by atoms with Gasteiger partial charge in [0, 0.05) is 11.8 Å². The van der Waals surface area contributed by atoms with E-state index >= 15 is 0 Å². The van der Waals surface area contributed by atoms with Crippen molar-refractivity contribution in [3.8, 4) is 5.75 Å². The second kappa shape index (κ2) is 5.83. The van der Waals surface area contributed by atoms with Crippen molar-refractivity contribution in [1.82, 2.24) is 0 Å². The number of methoxy groups -OCH3 is 1. The second-order valence-corrected chi connectivity index (χ2v) is 7.82. The first-order chi connectivity index (χ1) is 12.7. The molecule has 4 atom stereocenters. The van der Waals surface area contributed by atoms with E-state index in [0.29, 0.717) is 5.69 Å². The largest absolute Gasteiger partial charge is 0.497 e. The van der Waals surface area contributed by atoms with Gasteiger partial charge in [-0.05, 0) is 49.9 Å². The van der Waals surface area contributed by atoms with Crippen molar-refractivity contribution in [2.45, 2.75) is 32.1 Å². The first kappa shape index (κ1) is 15.9. The number of carbonyl (C=O) groups is 2. The first-order valence-corrected chi connectivity index (χ1v) is 9.62. The third-order valence-electron chi connectivity index (χ3n) is 6.61. The molecule has 1 heterocycles. The van der Waals surface area contributed by atoms with E-state index in [4.69, 9.17) is 4.74 Å². The fourth-order valence-corrected chi connectivity index (χ4v) is 5.49. The summed E-state index contributed by atoms with van der Waals surface area (Å²) >= 11 is 0. The van der Waals surface area contributed by atoms with E-state index < -0.39 is 0 Å². The lowest BCUT2D eigenvalue weighted by molar-refractivity contribution is -0.122. The van der Waals surface area contributed by atoms with Gasteiger partial charge in [0.25, 0.3) is 0 Å². The summed E-state index contributed by atoms with van der Waals surface area (Å²) in [6.45, 7) is 0. The standard InChI is InChI=1S/C22H23NO3/c1-26-15-9-7-14(8-10-15)23-21(24)19-16-11-12-17(20(19)22(23)25)18(16)13-5-3-2-4-6-13/h7-12,16-17,19-20H,2-6H2,1H3/t16-,17+,19-,20-/m1/s1. The number of ether oxygens (including phenoxy) is 1. The number of allylic oxidation sites excluding steroid dienone is 4. The first-order valence-electron chi connectivity index (χ1n) is 9.62. The van der Waals surface area contributed by atoms with Crippen LogP contribution in [0.2, 0.25) is 0 Å². The van der Waals surface area contributed by atoms with Gasteiger partial charge in [-0.2, -0.15) is 0 Å². The quantitative estimate of drug-likeness (QED) is 0.601. The Morgan fingerprint density at radius 3 is 2.00 bits per heavy atom. The third-order valence-corrected chi connectivity index (χ3v) is 6.61. The molecule has 4 aliphatic rings. The fraction of sp³-hybridized carbons (Fsp3) is 0.455. The molecule has 4 nitrogen and oxygen atoms in total. The Morgan fingerprint density at radius 2 is 1.46 bits per heavy atom. The highest BCUT2D eigenvalue weighted by atomic mass is 16.5.